The molecule has 0 atom stereocenters. The highest BCUT2D eigenvalue weighted by Gasteiger charge is 2.23. The van der Waals surface area contributed by atoms with Gasteiger partial charge in [-0.15, -0.1) is 0 Å². The molecule has 3 aromatic rings. The van der Waals surface area contributed by atoms with Gasteiger partial charge in [0.05, 0.1) is 22.8 Å². The van der Waals surface area contributed by atoms with Gasteiger partial charge in [-0.1, -0.05) is 6.07 Å². The summed E-state index contributed by atoms with van der Waals surface area (Å²) in [6, 6.07) is 15.4. The number of halogens is 1. The van der Waals surface area contributed by atoms with Crippen molar-refractivity contribution in [2.75, 3.05) is 11.9 Å². The van der Waals surface area contributed by atoms with E-state index in [1.54, 1.807) is 24.5 Å². The number of nitrogens with one attached hydrogen (secondary N) is 3. The number of hydrogen-bond acceptors (Lipinski definition) is 6. The number of hydrogen-bond donors (Lipinski definition) is 3. The lowest BCUT2D eigenvalue weighted by Crippen LogP contribution is -2.26. The molecule has 1 amide bonds. The zero-order chi connectivity index (χ0) is 23.3. The van der Waals surface area contributed by atoms with Gasteiger partial charge in [-0.05, 0) is 95.4 Å². The van der Waals surface area contributed by atoms with E-state index >= 15 is 0 Å². The van der Waals surface area contributed by atoms with Crippen LogP contribution in [0, 0.1) is 9.49 Å². The fourth-order valence-corrected chi connectivity index (χ4v) is 4.41. The number of aromatic nitrogens is 1. The number of pyridine rings is 1. The van der Waals surface area contributed by atoms with Crippen molar-refractivity contribution >= 4 is 49.9 Å². The van der Waals surface area contributed by atoms with Gasteiger partial charge in [0, 0.05) is 28.2 Å². The van der Waals surface area contributed by atoms with Gasteiger partial charge in [-0.3, -0.25) is 14.6 Å². The van der Waals surface area contributed by atoms with Gasteiger partial charge in [-0.2, -0.15) is 0 Å². The molecule has 10 heteroatoms. The van der Waals surface area contributed by atoms with Crippen molar-refractivity contribution in [1.82, 2.24) is 15.2 Å². The van der Waals surface area contributed by atoms with Crippen LogP contribution in [0.15, 0.2) is 71.9 Å². The van der Waals surface area contributed by atoms with E-state index in [1.165, 1.54) is 18.2 Å². The molecule has 0 unspecified atom stereocenters. The number of nitrogens with zero attached hydrogens (tertiary/aromatic N) is 1. The first-order valence-corrected chi connectivity index (χ1v) is 12.9. The first kappa shape index (κ1) is 23.6. The quantitative estimate of drug-likeness (QED) is 0.248. The topological polar surface area (TPSA) is 109 Å². The second kappa shape index (κ2) is 10.6. The molecule has 1 heterocycles. The Labute approximate surface area is 206 Å². The lowest BCUT2D eigenvalue weighted by molar-refractivity contribution is 0.0271. The fraction of sp³-hybridized carbons (Fsp3) is 0.217. The first-order chi connectivity index (χ1) is 15.9. The second-order valence-corrected chi connectivity index (χ2v) is 10.7. The average Bonchev–Trinajstić information content (AvgIpc) is 3.64. The number of rotatable bonds is 10. The summed E-state index contributed by atoms with van der Waals surface area (Å²) in [4.78, 5) is 22.1. The fourth-order valence-electron chi connectivity index (χ4n) is 3.01. The van der Waals surface area contributed by atoms with Crippen molar-refractivity contribution in [2.24, 2.45) is 5.92 Å². The standard InChI is InChI=1S/C23H23IN4O4S/c24-18-5-7-19(8-6-18)27-22-12-20(33(30,31)26-14-17-2-1-11-25-13-17)9-10-21(22)23(29)28-32-15-16-3-4-16/h1-2,5-13,16,26-27H,3-4,14-15H2,(H,28,29). The van der Waals surface area contributed by atoms with Crippen molar-refractivity contribution in [2.45, 2.75) is 24.3 Å². The molecule has 0 spiro atoms. The molecule has 0 bridgehead atoms. The Kier molecular flexibility index (Phi) is 7.58. The van der Waals surface area contributed by atoms with E-state index in [2.05, 4.69) is 43.1 Å². The van der Waals surface area contributed by atoms with E-state index in [1.807, 2.05) is 24.3 Å². The number of amides is 1. The molecule has 1 fully saturated rings. The largest absolute Gasteiger partial charge is 0.355 e. The zero-order valence-corrected chi connectivity index (χ0v) is 20.6. The third-order valence-corrected chi connectivity index (χ3v) is 7.16. The normalized spacial score (nSPS) is 13.5. The Hall–Kier alpha value is -2.54. The molecule has 3 N–H and O–H groups in total. The molecule has 33 heavy (non-hydrogen) atoms. The minimum absolute atomic E-state index is 0.0369. The molecule has 1 aliphatic carbocycles. The maximum atomic E-state index is 12.9. The van der Waals surface area contributed by atoms with Crippen molar-refractivity contribution in [1.29, 1.82) is 0 Å². The molecule has 172 valence electrons. The lowest BCUT2D eigenvalue weighted by Gasteiger charge is -2.15. The number of anilines is 2. The molecular formula is C23H23IN4O4S. The predicted molar refractivity (Wildman–Crippen MR) is 133 cm³/mol. The summed E-state index contributed by atoms with van der Waals surface area (Å²) < 4.78 is 29.4. The van der Waals surface area contributed by atoms with Crippen LogP contribution in [-0.2, 0) is 21.4 Å². The third kappa shape index (κ3) is 6.73. The van der Waals surface area contributed by atoms with Crippen molar-refractivity contribution in [3.63, 3.8) is 0 Å². The minimum atomic E-state index is -3.82. The van der Waals surface area contributed by atoms with Crippen molar-refractivity contribution < 1.29 is 18.0 Å². The zero-order valence-electron chi connectivity index (χ0n) is 17.6. The molecule has 1 saturated carbocycles. The van der Waals surface area contributed by atoms with Crippen LogP contribution in [-0.4, -0.2) is 25.9 Å². The molecule has 0 radical (unpaired) electrons. The van der Waals surface area contributed by atoms with E-state index in [0.29, 0.717) is 18.2 Å². The summed E-state index contributed by atoms with van der Waals surface area (Å²) in [6.45, 7) is 0.573. The molecule has 8 nitrogen and oxygen atoms in total. The molecule has 4 rings (SSSR count). The summed E-state index contributed by atoms with van der Waals surface area (Å²) >= 11 is 2.20. The minimum Gasteiger partial charge on any atom is -0.355 e. The van der Waals surface area contributed by atoms with Crippen molar-refractivity contribution in [3.05, 3.63) is 81.7 Å². The Balaban J connectivity index is 1.56. The lowest BCUT2D eigenvalue weighted by atomic mass is 10.1. The van der Waals surface area contributed by atoms with Gasteiger partial charge in [-0.25, -0.2) is 18.6 Å². The Morgan fingerprint density at radius 3 is 2.61 bits per heavy atom. The SMILES string of the molecule is O=C(NOCC1CC1)c1ccc(S(=O)(=O)NCc2cccnc2)cc1Nc1ccc(I)cc1. The molecular weight excluding hydrogens is 555 g/mol. The number of benzene rings is 2. The predicted octanol–water partition coefficient (Wildman–Crippen LogP) is 3.98. The van der Waals surface area contributed by atoms with Crippen LogP contribution in [0.5, 0.6) is 0 Å². The third-order valence-electron chi connectivity index (χ3n) is 5.04. The van der Waals surface area contributed by atoms with Crippen LogP contribution in [0.2, 0.25) is 0 Å². The highest BCUT2D eigenvalue weighted by atomic mass is 127. The molecule has 1 aliphatic rings. The van der Waals surface area contributed by atoms with E-state index < -0.39 is 15.9 Å². The van der Waals surface area contributed by atoms with Gasteiger partial charge >= 0.3 is 0 Å². The van der Waals surface area contributed by atoms with E-state index in [9.17, 15) is 13.2 Å². The van der Waals surface area contributed by atoms with Crippen molar-refractivity contribution in [3.8, 4) is 0 Å². The first-order valence-electron chi connectivity index (χ1n) is 10.4. The smallest absolute Gasteiger partial charge is 0.276 e. The maximum Gasteiger partial charge on any atom is 0.276 e. The number of carbonyl (C=O) groups is 1. The number of carbonyl (C=O) groups excluding carboxylic acids is 1. The van der Waals surface area contributed by atoms with Crippen LogP contribution in [0.1, 0.15) is 28.8 Å². The maximum absolute atomic E-state index is 12.9. The van der Waals surface area contributed by atoms with Gasteiger partial charge in [0.1, 0.15) is 0 Å². The van der Waals surface area contributed by atoms with Gasteiger partial charge in [0.15, 0.2) is 0 Å². The van der Waals surface area contributed by atoms with Gasteiger partial charge in [0.2, 0.25) is 10.0 Å². The van der Waals surface area contributed by atoms with Crippen LogP contribution in [0.3, 0.4) is 0 Å². The number of sulfonamides is 1. The molecule has 0 aliphatic heterocycles. The Bertz CT molecular complexity index is 1220. The highest BCUT2D eigenvalue weighted by Crippen LogP contribution is 2.29. The summed E-state index contributed by atoms with van der Waals surface area (Å²) in [5, 5.41) is 3.16. The number of hydroxylamine groups is 1. The summed E-state index contributed by atoms with van der Waals surface area (Å²) in [6.07, 6.45) is 5.43. The van der Waals surface area contributed by atoms with E-state index in [4.69, 9.17) is 4.84 Å². The van der Waals surface area contributed by atoms with Crippen LogP contribution in [0.4, 0.5) is 11.4 Å². The van der Waals surface area contributed by atoms with Crippen LogP contribution >= 0.6 is 22.6 Å². The van der Waals surface area contributed by atoms with E-state index in [0.717, 1.165) is 27.7 Å². The molecule has 1 aromatic heterocycles. The monoisotopic (exact) mass is 578 g/mol. The second-order valence-electron chi connectivity index (χ2n) is 7.71. The van der Waals surface area contributed by atoms with Crippen LogP contribution < -0.4 is 15.5 Å². The Morgan fingerprint density at radius 1 is 1.12 bits per heavy atom. The molecule has 0 saturated heterocycles. The van der Waals surface area contributed by atoms with Crippen LogP contribution in [0.25, 0.3) is 0 Å². The summed E-state index contributed by atoms with van der Waals surface area (Å²) in [7, 11) is -3.82. The van der Waals surface area contributed by atoms with E-state index in [-0.39, 0.29) is 17.0 Å². The summed E-state index contributed by atoms with van der Waals surface area (Å²) in [5.74, 6) is 0.0454. The van der Waals surface area contributed by atoms with Gasteiger partial charge < -0.3 is 5.32 Å². The highest BCUT2D eigenvalue weighted by molar-refractivity contribution is 14.1. The average molecular weight is 578 g/mol. The van der Waals surface area contributed by atoms with Gasteiger partial charge in [0.25, 0.3) is 5.91 Å². The Morgan fingerprint density at radius 2 is 1.91 bits per heavy atom. The summed E-state index contributed by atoms with van der Waals surface area (Å²) in [5.41, 5.74) is 4.55. The molecule has 2 aromatic carbocycles.